The zero-order chi connectivity index (χ0) is 8.97. The maximum atomic E-state index is 10.0. The molecule has 0 aliphatic rings. The maximum Gasteiger partial charge on any atom is 1.00 e. The van der Waals surface area contributed by atoms with E-state index in [4.69, 9.17) is 4.74 Å². The third-order valence-corrected chi connectivity index (χ3v) is 1.35. The van der Waals surface area contributed by atoms with Gasteiger partial charge in [-0.1, -0.05) is 12.1 Å². The third kappa shape index (κ3) is 5.43. The molecular weight excluding hydrogens is 195 g/mol. The Morgan fingerprint density at radius 2 is 2.23 bits per heavy atom. The summed E-state index contributed by atoms with van der Waals surface area (Å²) in [5.74, 6) is -0.657. The monoisotopic (exact) mass is 204 g/mol. The van der Waals surface area contributed by atoms with E-state index in [1.165, 1.54) is 0 Å². The van der Waals surface area contributed by atoms with Gasteiger partial charge < -0.3 is 14.6 Å². The van der Waals surface area contributed by atoms with Gasteiger partial charge in [0, 0.05) is 0 Å². The Morgan fingerprint density at radius 3 is 2.77 bits per heavy atom. The average Bonchev–Trinajstić information content (AvgIpc) is 2.01. The first-order chi connectivity index (χ1) is 5.68. The van der Waals surface area contributed by atoms with Crippen LogP contribution in [0.2, 0.25) is 0 Å². The van der Waals surface area contributed by atoms with Gasteiger partial charge in [-0.3, -0.25) is 0 Å². The molecule has 13 heavy (non-hydrogen) atoms. The van der Waals surface area contributed by atoms with E-state index in [1.54, 1.807) is 18.2 Å². The summed E-state index contributed by atoms with van der Waals surface area (Å²) < 4.78 is 4.89. The van der Waals surface area contributed by atoms with E-state index in [0.29, 0.717) is 5.75 Å². The van der Waals surface area contributed by atoms with E-state index in [9.17, 15) is 9.90 Å². The number of benzene rings is 1. The van der Waals surface area contributed by atoms with Crippen molar-refractivity contribution in [2.45, 2.75) is 6.92 Å². The molecule has 0 aromatic heterocycles. The van der Waals surface area contributed by atoms with Crippen LogP contribution in [0, 0.1) is 6.92 Å². The van der Waals surface area contributed by atoms with Crippen LogP contribution in [0.1, 0.15) is 5.56 Å². The minimum absolute atomic E-state index is 0. The second kappa shape index (κ2) is 6.56. The maximum absolute atomic E-state index is 10.0. The van der Waals surface area contributed by atoms with Gasteiger partial charge in [0.15, 0.2) is 0 Å². The molecule has 3 nitrogen and oxygen atoms in total. The van der Waals surface area contributed by atoms with Crippen LogP contribution in [0.25, 0.3) is 0 Å². The second-order valence-electron chi connectivity index (χ2n) is 2.48. The molecule has 0 amide bonds. The molecule has 0 unspecified atom stereocenters. The number of hydrogen-bond donors (Lipinski definition) is 0. The number of aliphatic carboxylic acids is 1. The number of aryl methyl sites for hydroxylation is 1. The van der Waals surface area contributed by atoms with E-state index < -0.39 is 12.6 Å². The average molecular weight is 204 g/mol. The Labute approximate surface area is 120 Å². The van der Waals surface area contributed by atoms with E-state index in [2.05, 4.69) is 0 Å². The first-order valence-corrected chi connectivity index (χ1v) is 3.58. The summed E-state index contributed by atoms with van der Waals surface area (Å²) in [7, 11) is 0. The first kappa shape index (κ1) is 13.1. The molecule has 1 rings (SSSR count). The number of ether oxygens (including phenoxy) is 1. The molecule has 0 radical (unpaired) electrons. The Kier molecular flexibility index (Phi) is 6.62. The summed E-state index contributed by atoms with van der Waals surface area (Å²) in [6.45, 7) is 1.51. The summed E-state index contributed by atoms with van der Waals surface area (Å²) in [6.07, 6.45) is 0. The summed E-state index contributed by atoms with van der Waals surface area (Å²) >= 11 is 0. The van der Waals surface area contributed by atoms with Crippen molar-refractivity contribution in [3.8, 4) is 5.75 Å². The molecule has 0 saturated carbocycles. The van der Waals surface area contributed by atoms with Gasteiger partial charge in [-0.05, 0) is 24.6 Å². The van der Waals surface area contributed by atoms with E-state index in [-0.39, 0.29) is 51.4 Å². The molecule has 0 atom stereocenters. The van der Waals surface area contributed by atoms with Crippen molar-refractivity contribution in [2.75, 3.05) is 6.61 Å². The normalized spacial score (nSPS) is 8.69. The van der Waals surface area contributed by atoms with Gasteiger partial charge in [0.1, 0.15) is 12.4 Å². The SMILES string of the molecule is Cc1cccc(OCC(=O)[O-])c1.[K+]. The summed E-state index contributed by atoms with van der Waals surface area (Å²) in [5.41, 5.74) is 1.03. The molecule has 0 spiro atoms. The van der Waals surface area contributed by atoms with Gasteiger partial charge in [0.05, 0.1) is 5.97 Å². The number of carbonyl (C=O) groups excluding carboxylic acids is 1. The van der Waals surface area contributed by atoms with Crippen molar-refractivity contribution in [3.05, 3.63) is 29.8 Å². The molecule has 0 heterocycles. The van der Waals surface area contributed by atoms with Crippen molar-refractivity contribution in [3.63, 3.8) is 0 Å². The molecule has 0 saturated heterocycles. The molecular formula is C9H9KO3. The fourth-order valence-corrected chi connectivity index (χ4v) is 0.847. The second-order valence-corrected chi connectivity index (χ2v) is 2.48. The van der Waals surface area contributed by atoms with Gasteiger partial charge in [0.2, 0.25) is 0 Å². The minimum Gasteiger partial charge on any atom is -0.546 e. The van der Waals surface area contributed by atoms with Crippen LogP contribution < -0.4 is 61.2 Å². The molecule has 0 aliphatic carbocycles. The molecule has 4 heteroatoms. The molecule has 1 aromatic carbocycles. The molecule has 1 aromatic rings. The molecule has 0 bridgehead atoms. The first-order valence-electron chi connectivity index (χ1n) is 3.58. The van der Waals surface area contributed by atoms with Gasteiger partial charge in [-0.15, -0.1) is 0 Å². The van der Waals surface area contributed by atoms with Crippen LogP contribution >= 0.6 is 0 Å². The number of hydrogen-bond acceptors (Lipinski definition) is 3. The van der Waals surface area contributed by atoms with Gasteiger partial charge in [0.25, 0.3) is 0 Å². The van der Waals surface area contributed by atoms with Crippen molar-refractivity contribution < 1.29 is 66.0 Å². The molecule has 0 aliphatic heterocycles. The Bertz CT molecular complexity index is 286. The molecule has 0 N–H and O–H groups in total. The predicted molar refractivity (Wildman–Crippen MR) is 41.7 cm³/mol. The van der Waals surface area contributed by atoms with Crippen LogP contribution in [0.3, 0.4) is 0 Å². The Hall–Kier alpha value is 0.126. The summed E-state index contributed by atoms with van der Waals surface area (Å²) in [6, 6.07) is 7.19. The fourth-order valence-electron chi connectivity index (χ4n) is 0.847. The van der Waals surface area contributed by atoms with E-state index in [0.717, 1.165) is 5.56 Å². The van der Waals surface area contributed by atoms with E-state index in [1.807, 2.05) is 13.0 Å². The zero-order valence-electron chi connectivity index (χ0n) is 7.74. The smallest absolute Gasteiger partial charge is 0.546 e. The van der Waals surface area contributed by atoms with Crippen LogP contribution in [0.5, 0.6) is 5.75 Å². The zero-order valence-corrected chi connectivity index (χ0v) is 10.9. The van der Waals surface area contributed by atoms with Gasteiger partial charge in [-0.2, -0.15) is 0 Å². The number of carboxylic acid groups (broad SMARTS) is 1. The van der Waals surface area contributed by atoms with Gasteiger partial charge in [-0.25, -0.2) is 0 Å². The largest absolute Gasteiger partial charge is 1.00 e. The third-order valence-electron chi connectivity index (χ3n) is 1.35. The molecule has 0 fully saturated rings. The Balaban J connectivity index is 0.00000144. The Morgan fingerprint density at radius 1 is 1.54 bits per heavy atom. The minimum atomic E-state index is -1.21. The van der Waals surface area contributed by atoms with Crippen LogP contribution in [0.4, 0.5) is 0 Å². The van der Waals surface area contributed by atoms with E-state index >= 15 is 0 Å². The number of carbonyl (C=O) groups is 1. The van der Waals surface area contributed by atoms with Crippen molar-refractivity contribution in [1.82, 2.24) is 0 Å². The number of carboxylic acids is 1. The van der Waals surface area contributed by atoms with Crippen molar-refractivity contribution in [1.29, 1.82) is 0 Å². The van der Waals surface area contributed by atoms with Crippen LogP contribution in [-0.4, -0.2) is 12.6 Å². The quantitative estimate of drug-likeness (QED) is 0.497. The van der Waals surface area contributed by atoms with Gasteiger partial charge >= 0.3 is 51.4 Å². The molecule has 64 valence electrons. The topological polar surface area (TPSA) is 49.4 Å². The fraction of sp³-hybridized carbons (Fsp3) is 0.222. The summed E-state index contributed by atoms with van der Waals surface area (Å²) in [4.78, 5) is 10.0. The number of rotatable bonds is 3. The van der Waals surface area contributed by atoms with Crippen molar-refractivity contribution in [2.24, 2.45) is 0 Å². The summed E-state index contributed by atoms with van der Waals surface area (Å²) in [5, 5.41) is 10.0. The van der Waals surface area contributed by atoms with Crippen LogP contribution in [-0.2, 0) is 4.79 Å². The predicted octanol–water partition coefficient (Wildman–Crippen LogP) is -2.87. The van der Waals surface area contributed by atoms with Crippen molar-refractivity contribution >= 4 is 5.97 Å². The van der Waals surface area contributed by atoms with Crippen LogP contribution in [0.15, 0.2) is 24.3 Å². The standard InChI is InChI=1S/C9H10O3.K/c1-7-3-2-4-8(5-7)12-6-9(10)11;/h2-5H,6H2,1H3,(H,10,11);/q;+1/p-1.